The molecule has 0 aliphatic rings. The van der Waals surface area contributed by atoms with E-state index in [9.17, 15) is 10.1 Å². The maximum absolute atomic E-state index is 11.2. The number of rotatable bonds is 4. The Morgan fingerprint density at radius 1 is 1.30 bits per heavy atom. The van der Waals surface area contributed by atoms with Crippen LogP contribution in [0.5, 0.6) is 0 Å². The van der Waals surface area contributed by atoms with E-state index in [-0.39, 0.29) is 16.7 Å². The Labute approximate surface area is 122 Å². The van der Waals surface area contributed by atoms with Crippen molar-refractivity contribution in [2.45, 2.75) is 13.8 Å². The average Bonchev–Trinajstić information content (AvgIpc) is 2.41. The topological polar surface area (TPSA) is 59.3 Å². The summed E-state index contributed by atoms with van der Waals surface area (Å²) in [6, 6.07) is 10.5. The average molecular weight is 292 g/mol. The molecule has 2 aromatic rings. The number of aryl methyl sites for hydroxylation is 1. The second-order valence-corrected chi connectivity index (χ2v) is 4.65. The molecule has 0 unspecified atom stereocenters. The smallest absolute Gasteiger partial charge is 0.312 e. The number of benzene rings is 1. The standard InChI is InChI=1S/C14H14ClN3O2/c1-3-17(11-7-5-4-6-10(11)2)14-12(18(19)20)8-9-13(15)16-14/h4-9H,3H2,1-2H3. The summed E-state index contributed by atoms with van der Waals surface area (Å²) in [6.45, 7) is 4.42. The molecule has 20 heavy (non-hydrogen) atoms. The van der Waals surface area contributed by atoms with Gasteiger partial charge < -0.3 is 4.90 Å². The van der Waals surface area contributed by atoms with E-state index in [4.69, 9.17) is 11.6 Å². The molecule has 0 aliphatic heterocycles. The van der Waals surface area contributed by atoms with E-state index in [0.29, 0.717) is 6.54 Å². The van der Waals surface area contributed by atoms with Crippen molar-refractivity contribution < 1.29 is 4.92 Å². The summed E-state index contributed by atoms with van der Waals surface area (Å²) in [5.41, 5.74) is 1.85. The summed E-state index contributed by atoms with van der Waals surface area (Å²) in [7, 11) is 0. The van der Waals surface area contributed by atoms with Gasteiger partial charge in [0.15, 0.2) is 0 Å². The molecule has 104 valence electrons. The molecule has 0 spiro atoms. The third-order valence-corrected chi connectivity index (χ3v) is 3.21. The molecular formula is C14H14ClN3O2. The van der Waals surface area contributed by atoms with Gasteiger partial charge in [-0.05, 0) is 31.5 Å². The van der Waals surface area contributed by atoms with Crippen LogP contribution in [0.15, 0.2) is 36.4 Å². The predicted octanol–water partition coefficient (Wildman–Crippen LogP) is 4.11. The zero-order chi connectivity index (χ0) is 14.7. The van der Waals surface area contributed by atoms with Crippen LogP contribution in [0.1, 0.15) is 12.5 Å². The maximum Gasteiger partial charge on any atom is 0.312 e. The van der Waals surface area contributed by atoms with Gasteiger partial charge in [-0.15, -0.1) is 0 Å². The van der Waals surface area contributed by atoms with Crippen molar-refractivity contribution in [2.24, 2.45) is 0 Å². The van der Waals surface area contributed by atoms with Gasteiger partial charge in [-0.3, -0.25) is 10.1 Å². The molecule has 0 amide bonds. The first-order valence-corrected chi connectivity index (χ1v) is 6.56. The molecule has 2 rings (SSSR count). The minimum Gasteiger partial charge on any atom is -0.321 e. The zero-order valence-electron chi connectivity index (χ0n) is 11.2. The largest absolute Gasteiger partial charge is 0.321 e. The molecule has 0 atom stereocenters. The summed E-state index contributed by atoms with van der Waals surface area (Å²) < 4.78 is 0. The van der Waals surface area contributed by atoms with Crippen LogP contribution in [0.25, 0.3) is 0 Å². The highest BCUT2D eigenvalue weighted by Crippen LogP contribution is 2.34. The molecule has 0 saturated heterocycles. The van der Waals surface area contributed by atoms with Crippen LogP contribution in [0.4, 0.5) is 17.2 Å². The number of hydrogen-bond acceptors (Lipinski definition) is 4. The molecule has 1 aromatic carbocycles. The van der Waals surface area contributed by atoms with Crippen LogP contribution in [-0.2, 0) is 0 Å². The van der Waals surface area contributed by atoms with Gasteiger partial charge in [0.2, 0.25) is 5.82 Å². The number of anilines is 2. The normalized spacial score (nSPS) is 10.3. The molecule has 6 heteroatoms. The fraction of sp³-hybridized carbons (Fsp3) is 0.214. The molecule has 1 heterocycles. The minimum atomic E-state index is -0.445. The molecular weight excluding hydrogens is 278 g/mol. The van der Waals surface area contributed by atoms with Crippen LogP contribution < -0.4 is 4.90 Å². The van der Waals surface area contributed by atoms with Gasteiger partial charge in [-0.1, -0.05) is 29.8 Å². The van der Waals surface area contributed by atoms with Gasteiger partial charge in [0.05, 0.1) is 4.92 Å². The Hall–Kier alpha value is -2.14. The van der Waals surface area contributed by atoms with Crippen molar-refractivity contribution in [1.82, 2.24) is 4.98 Å². The Kier molecular flexibility index (Phi) is 4.20. The van der Waals surface area contributed by atoms with Crippen LogP contribution in [-0.4, -0.2) is 16.5 Å². The number of hydrogen-bond donors (Lipinski definition) is 0. The maximum atomic E-state index is 11.2. The van der Waals surface area contributed by atoms with Crippen LogP contribution in [0, 0.1) is 17.0 Å². The number of nitro groups is 1. The number of halogens is 1. The molecule has 0 aliphatic carbocycles. The first-order valence-electron chi connectivity index (χ1n) is 6.18. The monoisotopic (exact) mass is 291 g/mol. The van der Waals surface area contributed by atoms with Gasteiger partial charge in [0.25, 0.3) is 0 Å². The molecule has 1 aromatic heterocycles. The van der Waals surface area contributed by atoms with Gasteiger partial charge in [-0.25, -0.2) is 4.98 Å². The van der Waals surface area contributed by atoms with E-state index in [1.165, 1.54) is 12.1 Å². The van der Waals surface area contributed by atoms with Crippen molar-refractivity contribution in [1.29, 1.82) is 0 Å². The van der Waals surface area contributed by atoms with E-state index in [2.05, 4.69) is 4.98 Å². The van der Waals surface area contributed by atoms with Crippen molar-refractivity contribution in [3.63, 3.8) is 0 Å². The van der Waals surface area contributed by atoms with Crippen LogP contribution >= 0.6 is 11.6 Å². The van der Waals surface area contributed by atoms with Crippen molar-refractivity contribution in [3.05, 3.63) is 57.2 Å². The summed E-state index contributed by atoms with van der Waals surface area (Å²) in [5, 5.41) is 11.4. The number of pyridine rings is 1. The van der Waals surface area contributed by atoms with E-state index in [1.807, 2.05) is 38.1 Å². The van der Waals surface area contributed by atoms with Gasteiger partial charge in [0.1, 0.15) is 5.15 Å². The van der Waals surface area contributed by atoms with Crippen molar-refractivity contribution >= 4 is 28.8 Å². The lowest BCUT2D eigenvalue weighted by atomic mass is 10.1. The summed E-state index contributed by atoms with van der Waals surface area (Å²) in [6.07, 6.45) is 0. The lowest BCUT2D eigenvalue weighted by Gasteiger charge is -2.23. The first kappa shape index (κ1) is 14.3. The zero-order valence-corrected chi connectivity index (χ0v) is 12.0. The van der Waals surface area contributed by atoms with Crippen LogP contribution in [0.3, 0.4) is 0 Å². The summed E-state index contributed by atoms with van der Waals surface area (Å²) in [5.74, 6) is 0.263. The summed E-state index contributed by atoms with van der Waals surface area (Å²) in [4.78, 5) is 16.6. The molecule has 0 fully saturated rings. The number of aromatic nitrogens is 1. The van der Waals surface area contributed by atoms with Crippen LogP contribution in [0.2, 0.25) is 5.15 Å². The Balaban J connectivity index is 2.60. The van der Waals surface area contributed by atoms with E-state index < -0.39 is 4.92 Å². The molecule has 0 bridgehead atoms. The van der Waals surface area contributed by atoms with Gasteiger partial charge >= 0.3 is 5.69 Å². The minimum absolute atomic E-state index is 0.0560. The lowest BCUT2D eigenvalue weighted by molar-refractivity contribution is -0.384. The van der Waals surface area contributed by atoms with Crippen molar-refractivity contribution in [2.75, 3.05) is 11.4 Å². The second kappa shape index (κ2) is 5.88. The highest BCUT2D eigenvalue weighted by Gasteiger charge is 2.22. The third-order valence-electron chi connectivity index (χ3n) is 3.00. The highest BCUT2D eigenvalue weighted by atomic mass is 35.5. The third kappa shape index (κ3) is 2.72. The Morgan fingerprint density at radius 3 is 2.60 bits per heavy atom. The molecule has 0 saturated carbocycles. The fourth-order valence-electron chi connectivity index (χ4n) is 2.06. The van der Waals surface area contributed by atoms with Gasteiger partial charge in [-0.2, -0.15) is 0 Å². The Morgan fingerprint density at radius 2 is 2.00 bits per heavy atom. The van der Waals surface area contributed by atoms with E-state index in [1.54, 1.807) is 4.90 Å². The summed E-state index contributed by atoms with van der Waals surface area (Å²) >= 11 is 5.89. The molecule has 0 radical (unpaired) electrons. The number of nitrogens with zero attached hydrogens (tertiary/aromatic N) is 3. The van der Waals surface area contributed by atoms with E-state index in [0.717, 1.165) is 11.3 Å². The quantitative estimate of drug-likeness (QED) is 0.483. The van der Waals surface area contributed by atoms with Crippen molar-refractivity contribution in [3.8, 4) is 0 Å². The fourth-order valence-corrected chi connectivity index (χ4v) is 2.20. The molecule has 0 N–H and O–H groups in total. The predicted molar refractivity (Wildman–Crippen MR) is 79.8 cm³/mol. The second-order valence-electron chi connectivity index (χ2n) is 4.26. The van der Waals surface area contributed by atoms with E-state index >= 15 is 0 Å². The SMILES string of the molecule is CCN(c1ccccc1C)c1nc(Cl)ccc1[N+](=O)[O-]. The number of para-hydroxylation sites is 1. The highest BCUT2D eigenvalue weighted by molar-refractivity contribution is 6.29. The lowest BCUT2D eigenvalue weighted by Crippen LogP contribution is -2.19. The van der Waals surface area contributed by atoms with Gasteiger partial charge in [0, 0.05) is 18.3 Å². The first-order chi connectivity index (χ1) is 9.54. The Bertz CT molecular complexity index is 646. The molecule has 5 nitrogen and oxygen atoms in total.